The number of ether oxygens (including phenoxy) is 1. The van der Waals surface area contributed by atoms with Gasteiger partial charge in [0.25, 0.3) is 0 Å². The second-order valence-electron chi connectivity index (χ2n) is 9.00. The molecule has 0 saturated carbocycles. The minimum Gasteiger partial charge on any atom is -0.444 e. The standard InChI is InChI=1S/C23H26N6O2/c1-23(2,3)31-22(30)27-11-6-7-16(14-27)28-15-24-19-10-9-18(26-21(19)28)17-13-25-29-12-5-4-8-20(17)29/h4-5,8-10,12-13,15-16H,6-7,11,14H2,1-3H3/t16-/m0/s1. The van der Waals surface area contributed by atoms with E-state index in [0.717, 1.165) is 40.8 Å². The molecule has 0 radical (unpaired) electrons. The van der Waals surface area contributed by atoms with E-state index in [4.69, 9.17) is 9.72 Å². The third-order valence-electron chi connectivity index (χ3n) is 5.56. The number of nitrogens with zero attached hydrogens (tertiary/aromatic N) is 6. The molecule has 8 heteroatoms. The van der Waals surface area contributed by atoms with Crippen molar-refractivity contribution in [1.29, 1.82) is 0 Å². The van der Waals surface area contributed by atoms with Crippen LogP contribution in [0.5, 0.6) is 0 Å². The number of aromatic nitrogens is 5. The van der Waals surface area contributed by atoms with Gasteiger partial charge in [-0.05, 0) is 57.9 Å². The molecule has 0 aliphatic carbocycles. The van der Waals surface area contributed by atoms with E-state index in [1.807, 2.05) is 74.3 Å². The van der Waals surface area contributed by atoms with Crippen LogP contribution < -0.4 is 0 Å². The van der Waals surface area contributed by atoms with Crippen molar-refractivity contribution < 1.29 is 9.53 Å². The molecule has 1 atom stereocenters. The topological polar surface area (TPSA) is 77.5 Å². The van der Waals surface area contributed by atoms with Gasteiger partial charge in [0, 0.05) is 24.8 Å². The van der Waals surface area contributed by atoms with Crippen LogP contribution in [0.25, 0.3) is 27.9 Å². The molecule has 1 saturated heterocycles. The average molecular weight is 419 g/mol. The number of carbonyl (C=O) groups is 1. The maximum atomic E-state index is 12.6. The van der Waals surface area contributed by atoms with Crippen molar-refractivity contribution in [2.45, 2.75) is 45.3 Å². The highest BCUT2D eigenvalue weighted by molar-refractivity contribution is 5.82. The fourth-order valence-electron chi connectivity index (χ4n) is 4.13. The predicted molar refractivity (Wildman–Crippen MR) is 118 cm³/mol. The van der Waals surface area contributed by atoms with Crippen molar-refractivity contribution >= 4 is 22.8 Å². The molecular weight excluding hydrogens is 392 g/mol. The fraction of sp³-hybridized carbons (Fsp3) is 0.391. The van der Waals surface area contributed by atoms with Gasteiger partial charge in [0.2, 0.25) is 0 Å². The summed E-state index contributed by atoms with van der Waals surface area (Å²) in [5.74, 6) is 0. The minimum atomic E-state index is -0.503. The van der Waals surface area contributed by atoms with Crippen molar-refractivity contribution in [3.05, 3.63) is 49.1 Å². The van der Waals surface area contributed by atoms with Gasteiger partial charge in [0.1, 0.15) is 11.1 Å². The summed E-state index contributed by atoms with van der Waals surface area (Å²) in [6, 6.07) is 10.1. The molecule has 0 bridgehead atoms. The number of piperidine rings is 1. The van der Waals surface area contributed by atoms with E-state index in [9.17, 15) is 4.79 Å². The first-order valence-corrected chi connectivity index (χ1v) is 10.6. The molecule has 4 aromatic rings. The monoisotopic (exact) mass is 418 g/mol. The molecule has 1 aliphatic rings. The predicted octanol–water partition coefficient (Wildman–Crippen LogP) is 4.32. The molecule has 1 amide bonds. The number of pyridine rings is 2. The van der Waals surface area contributed by atoms with Gasteiger partial charge in [-0.15, -0.1) is 0 Å². The van der Waals surface area contributed by atoms with Gasteiger partial charge in [-0.3, -0.25) is 0 Å². The number of hydrogen-bond donors (Lipinski definition) is 0. The molecule has 0 N–H and O–H groups in total. The highest BCUT2D eigenvalue weighted by atomic mass is 16.6. The van der Waals surface area contributed by atoms with Crippen molar-refractivity contribution in [1.82, 2.24) is 29.0 Å². The highest BCUT2D eigenvalue weighted by Crippen LogP contribution is 2.29. The van der Waals surface area contributed by atoms with Gasteiger partial charge in [-0.1, -0.05) is 6.07 Å². The summed E-state index contributed by atoms with van der Waals surface area (Å²) in [5, 5.41) is 4.43. The quantitative estimate of drug-likeness (QED) is 0.485. The summed E-state index contributed by atoms with van der Waals surface area (Å²) in [6.07, 6.45) is 7.22. The fourth-order valence-corrected chi connectivity index (χ4v) is 4.13. The zero-order valence-corrected chi connectivity index (χ0v) is 18.0. The normalized spacial score (nSPS) is 17.4. The first kappa shape index (κ1) is 19.5. The van der Waals surface area contributed by atoms with Crippen LogP contribution in [0.4, 0.5) is 4.79 Å². The molecule has 8 nitrogen and oxygen atoms in total. The van der Waals surface area contributed by atoms with Crippen LogP contribution in [-0.2, 0) is 4.74 Å². The number of imidazole rings is 1. The number of amides is 1. The van der Waals surface area contributed by atoms with Crippen LogP contribution >= 0.6 is 0 Å². The Balaban J connectivity index is 1.46. The zero-order chi connectivity index (χ0) is 21.6. The Bertz CT molecular complexity index is 1250. The SMILES string of the molecule is CC(C)(C)OC(=O)N1CCC[C@H](n2cnc3ccc(-c4cnn5ccccc45)nc32)C1. The van der Waals surface area contributed by atoms with Gasteiger partial charge in [0.15, 0.2) is 5.65 Å². The molecule has 0 aromatic carbocycles. The first-order chi connectivity index (χ1) is 14.9. The Morgan fingerprint density at radius 2 is 2.06 bits per heavy atom. The third-order valence-corrected chi connectivity index (χ3v) is 5.56. The van der Waals surface area contributed by atoms with Crippen molar-refractivity contribution in [2.24, 2.45) is 0 Å². The number of likely N-dealkylation sites (tertiary alicyclic amines) is 1. The maximum Gasteiger partial charge on any atom is 0.410 e. The molecular formula is C23H26N6O2. The van der Waals surface area contributed by atoms with E-state index >= 15 is 0 Å². The minimum absolute atomic E-state index is 0.109. The molecule has 1 aliphatic heterocycles. The van der Waals surface area contributed by atoms with Crippen LogP contribution in [-0.4, -0.2) is 53.8 Å². The van der Waals surface area contributed by atoms with E-state index in [2.05, 4.69) is 14.6 Å². The summed E-state index contributed by atoms with van der Waals surface area (Å²) in [6.45, 7) is 6.97. The van der Waals surface area contributed by atoms with Gasteiger partial charge < -0.3 is 14.2 Å². The second kappa shape index (κ2) is 7.37. The Kier molecular flexibility index (Phi) is 4.64. The number of hydrogen-bond acceptors (Lipinski definition) is 5. The Morgan fingerprint density at radius 1 is 1.19 bits per heavy atom. The molecule has 5 rings (SSSR count). The molecule has 160 valence electrons. The van der Waals surface area contributed by atoms with Crippen molar-refractivity contribution in [3.8, 4) is 11.3 Å². The number of rotatable bonds is 2. The number of carbonyl (C=O) groups excluding carboxylic acids is 1. The van der Waals surface area contributed by atoms with Crippen molar-refractivity contribution in [2.75, 3.05) is 13.1 Å². The van der Waals surface area contributed by atoms with Gasteiger partial charge in [-0.2, -0.15) is 5.10 Å². The Hall–Kier alpha value is -3.42. The van der Waals surface area contributed by atoms with Gasteiger partial charge >= 0.3 is 6.09 Å². The maximum absolute atomic E-state index is 12.6. The summed E-state index contributed by atoms with van der Waals surface area (Å²) in [5.41, 5.74) is 4.01. The van der Waals surface area contributed by atoms with E-state index < -0.39 is 5.60 Å². The van der Waals surface area contributed by atoms with Crippen LogP contribution in [0.3, 0.4) is 0 Å². The van der Waals surface area contributed by atoms with E-state index in [0.29, 0.717) is 13.1 Å². The summed E-state index contributed by atoms with van der Waals surface area (Å²) in [7, 11) is 0. The van der Waals surface area contributed by atoms with Crippen molar-refractivity contribution in [3.63, 3.8) is 0 Å². The summed E-state index contributed by atoms with van der Waals surface area (Å²) in [4.78, 5) is 23.9. The Labute approximate surface area is 180 Å². The molecule has 4 aromatic heterocycles. The lowest BCUT2D eigenvalue weighted by molar-refractivity contribution is 0.0174. The molecule has 5 heterocycles. The average Bonchev–Trinajstić information content (AvgIpc) is 3.36. The van der Waals surface area contributed by atoms with Crippen LogP contribution in [0.1, 0.15) is 39.7 Å². The molecule has 0 unspecified atom stereocenters. The zero-order valence-electron chi connectivity index (χ0n) is 18.0. The third kappa shape index (κ3) is 3.73. The Morgan fingerprint density at radius 3 is 2.90 bits per heavy atom. The van der Waals surface area contributed by atoms with E-state index in [-0.39, 0.29) is 12.1 Å². The smallest absolute Gasteiger partial charge is 0.410 e. The highest BCUT2D eigenvalue weighted by Gasteiger charge is 2.29. The lowest BCUT2D eigenvalue weighted by Crippen LogP contribution is -2.43. The van der Waals surface area contributed by atoms with Gasteiger partial charge in [-0.25, -0.2) is 19.3 Å². The lowest BCUT2D eigenvalue weighted by Gasteiger charge is -2.34. The molecule has 1 fully saturated rings. The summed E-state index contributed by atoms with van der Waals surface area (Å²) >= 11 is 0. The van der Waals surface area contributed by atoms with Gasteiger partial charge in [0.05, 0.1) is 29.8 Å². The van der Waals surface area contributed by atoms with Crippen LogP contribution in [0.15, 0.2) is 49.1 Å². The largest absolute Gasteiger partial charge is 0.444 e. The van der Waals surface area contributed by atoms with Crippen LogP contribution in [0, 0.1) is 0 Å². The second-order valence-corrected chi connectivity index (χ2v) is 9.00. The summed E-state index contributed by atoms with van der Waals surface area (Å²) < 4.78 is 9.52. The molecule has 31 heavy (non-hydrogen) atoms. The van der Waals surface area contributed by atoms with Crippen LogP contribution in [0.2, 0.25) is 0 Å². The van der Waals surface area contributed by atoms with E-state index in [1.165, 1.54) is 0 Å². The molecule has 0 spiro atoms. The number of fused-ring (bicyclic) bond motifs is 2. The lowest BCUT2D eigenvalue weighted by atomic mass is 10.1. The van der Waals surface area contributed by atoms with E-state index in [1.54, 1.807) is 4.90 Å². The first-order valence-electron chi connectivity index (χ1n) is 10.6.